The Labute approximate surface area is 154 Å². The largest absolute Gasteiger partial charge is 0.353 e. The molecule has 0 aromatic carbocycles. The summed E-state index contributed by atoms with van der Waals surface area (Å²) in [4.78, 5) is 0. The molecule has 25 heavy (non-hydrogen) atoms. The van der Waals surface area contributed by atoms with Gasteiger partial charge in [0.2, 0.25) is 0 Å². The summed E-state index contributed by atoms with van der Waals surface area (Å²) in [6.45, 7) is 10.8. The molecule has 2 heteroatoms. The summed E-state index contributed by atoms with van der Waals surface area (Å²) in [5.74, 6) is 3.92. The van der Waals surface area contributed by atoms with Crippen LogP contribution < -0.4 is 5.32 Å². The molecule has 0 aromatic rings. The molecule has 142 valence electrons. The van der Waals surface area contributed by atoms with Gasteiger partial charge in [0.15, 0.2) is 0 Å². The van der Waals surface area contributed by atoms with Crippen molar-refractivity contribution in [1.82, 2.24) is 5.32 Å². The Hall–Kier alpha value is -0.0800. The first-order valence-electron chi connectivity index (χ1n) is 11.2. The van der Waals surface area contributed by atoms with Crippen molar-refractivity contribution >= 4 is 0 Å². The van der Waals surface area contributed by atoms with Gasteiger partial charge >= 0.3 is 0 Å². The summed E-state index contributed by atoms with van der Waals surface area (Å²) >= 11 is 0. The second-order valence-corrected chi connectivity index (χ2v) is 11.4. The van der Waals surface area contributed by atoms with E-state index in [9.17, 15) is 0 Å². The fraction of sp³-hybridized carbons (Fsp3) is 1.00. The molecule has 4 aliphatic carbocycles. The molecule has 0 amide bonds. The highest BCUT2D eigenvalue weighted by atomic mass is 16.6. The van der Waals surface area contributed by atoms with Crippen molar-refractivity contribution in [2.75, 3.05) is 6.54 Å². The van der Waals surface area contributed by atoms with E-state index in [1.807, 2.05) is 0 Å². The molecule has 1 spiro atoms. The van der Waals surface area contributed by atoms with E-state index < -0.39 is 0 Å². The normalized spacial score (nSPS) is 57.1. The Balaban J connectivity index is 1.46. The van der Waals surface area contributed by atoms with E-state index in [-0.39, 0.29) is 11.3 Å². The van der Waals surface area contributed by atoms with Crippen LogP contribution in [0.5, 0.6) is 0 Å². The number of rotatable bonds is 0. The van der Waals surface area contributed by atoms with Gasteiger partial charge in [-0.3, -0.25) is 5.32 Å². The zero-order chi connectivity index (χ0) is 17.5. The van der Waals surface area contributed by atoms with Crippen LogP contribution in [0.15, 0.2) is 0 Å². The van der Waals surface area contributed by atoms with Crippen molar-refractivity contribution in [2.45, 2.75) is 103 Å². The predicted octanol–water partition coefficient (Wildman–Crippen LogP) is 5.51. The van der Waals surface area contributed by atoms with Crippen molar-refractivity contribution in [2.24, 2.45) is 34.5 Å². The SMILES string of the molecule is CC1(C)NC[C@@]2(CC[C@@H]3[C@H]4CC[C@@H]5CCCC[C@]5(C)[C@H]4CC[C@]32C)O1. The maximum absolute atomic E-state index is 6.77. The van der Waals surface area contributed by atoms with Gasteiger partial charge in [0.05, 0.1) is 5.60 Å². The molecule has 1 heterocycles. The predicted molar refractivity (Wildman–Crippen MR) is 102 cm³/mol. The second-order valence-electron chi connectivity index (χ2n) is 11.4. The molecule has 0 aromatic heterocycles. The average Bonchev–Trinajstić information content (AvgIpc) is 3.04. The van der Waals surface area contributed by atoms with E-state index in [1.54, 1.807) is 0 Å². The maximum atomic E-state index is 6.77. The van der Waals surface area contributed by atoms with Crippen LogP contribution >= 0.6 is 0 Å². The lowest BCUT2D eigenvalue weighted by atomic mass is 9.44. The minimum atomic E-state index is -0.137. The number of nitrogens with one attached hydrogen (secondary N) is 1. The van der Waals surface area contributed by atoms with Crippen LogP contribution in [0, 0.1) is 34.5 Å². The number of fused-ring (bicyclic) bond motifs is 6. The molecule has 7 atom stereocenters. The average molecular weight is 346 g/mol. The van der Waals surface area contributed by atoms with Crippen LogP contribution in [0.25, 0.3) is 0 Å². The molecule has 1 aliphatic heterocycles. The van der Waals surface area contributed by atoms with Crippen molar-refractivity contribution < 1.29 is 4.74 Å². The molecule has 5 aliphatic rings. The third-order valence-electron chi connectivity index (χ3n) is 10.1. The van der Waals surface area contributed by atoms with Gasteiger partial charge in [0, 0.05) is 12.0 Å². The van der Waals surface area contributed by atoms with Crippen LogP contribution in [0.2, 0.25) is 0 Å². The highest BCUT2D eigenvalue weighted by molar-refractivity contribution is 5.17. The zero-order valence-electron chi connectivity index (χ0n) is 17.0. The molecule has 0 bridgehead atoms. The Morgan fingerprint density at radius 2 is 1.60 bits per heavy atom. The van der Waals surface area contributed by atoms with Crippen molar-refractivity contribution in [1.29, 1.82) is 0 Å². The van der Waals surface area contributed by atoms with Crippen molar-refractivity contribution in [3.05, 3.63) is 0 Å². The molecule has 5 rings (SSSR count). The lowest BCUT2D eigenvalue weighted by Crippen LogP contribution is -2.57. The maximum Gasteiger partial charge on any atom is 0.114 e. The highest BCUT2D eigenvalue weighted by Crippen LogP contribution is 2.69. The van der Waals surface area contributed by atoms with Crippen LogP contribution in [-0.2, 0) is 4.74 Å². The van der Waals surface area contributed by atoms with Crippen LogP contribution in [0.1, 0.15) is 91.9 Å². The summed E-state index contributed by atoms with van der Waals surface area (Å²) in [5.41, 5.74) is 1.03. The van der Waals surface area contributed by atoms with E-state index in [0.29, 0.717) is 10.8 Å². The number of ether oxygens (including phenoxy) is 1. The lowest BCUT2D eigenvalue weighted by molar-refractivity contribution is -0.180. The van der Waals surface area contributed by atoms with Crippen molar-refractivity contribution in [3.8, 4) is 0 Å². The smallest absolute Gasteiger partial charge is 0.114 e. The van der Waals surface area contributed by atoms with Gasteiger partial charge < -0.3 is 4.74 Å². The third kappa shape index (κ3) is 2.16. The topological polar surface area (TPSA) is 21.3 Å². The fourth-order valence-corrected chi connectivity index (χ4v) is 8.76. The van der Waals surface area contributed by atoms with Crippen molar-refractivity contribution in [3.63, 3.8) is 0 Å². The summed E-state index contributed by atoms with van der Waals surface area (Å²) in [7, 11) is 0. The number of hydrogen-bond acceptors (Lipinski definition) is 2. The Morgan fingerprint density at radius 3 is 2.36 bits per heavy atom. The molecule has 1 saturated heterocycles. The summed E-state index contributed by atoms with van der Waals surface area (Å²) < 4.78 is 6.77. The third-order valence-corrected chi connectivity index (χ3v) is 10.1. The van der Waals surface area contributed by atoms with E-state index in [4.69, 9.17) is 4.74 Å². The first-order valence-corrected chi connectivity index (χ1v) is 11.2. The van der Waals surface area contributed by atoms with Crippen LogP contribution in [0.4, 0.5) is 0 Å². The molecule has 5 fully saturated rings. The number of hydrogen-bond donors (Lipinski definition) is 1. The van der Waals surface area contributed by atoms with Gasteiger partial charge in [-0.2, -0.15) is 0 Å². The molecule has 0 radical (unpaired) electrons. The minimum Gasteiger partial charge on any atom is -0.353 e. The van der Waals surface area contributed by atoms with Crippen LogP contribution in [0.3, 0.4) is 0 Å². The van der Waals surface area contributed by atoms with E-state index in [0.717, 1.165) is 30.2 Å². The Bertz CT molecular complexity index is 558. The lowest BCUT2D eigenvalue weighted by Gasteiger charge is -2.61. The fourth-order valence-electron chi connectivity index (χ4n) is 8.76. The molecule has 0 unspecified atom stereocenters. The molecular weight excluding hydrogens is 306 g/mol. The molecular formula is C23H39NO. The Morgan fingerprint density at radius 1 is 0.800 bits per heavy atom. The van der Waals surface area contributed by atoms with Gasteiger partial charge in [-0.1, -0.05) is 26.7 Å². The first kappa shape index (κ1) is 17.0. The van der Waals surface area contributed by atoms with Gasteiger partial charge in [-0.05, 0) is 94.3 Å². The first-order chi connectivity index (χ1) is 11.8. The summed E-state index contributed by atoms with van der Waals surface area (Å²) in [5, 5.41) is 3.69. The minimum absolute atomic E-state index is 0.108. The quantitative estimate of drug-likeness (QED) is 0.624. The van der Waals surface area contributed by atoms with E-state index >= 15 is 0 Å². The van der Waals surface area contributed by atoms with Gasteiger partial charge in [0.25, 0.3) is 0 Å². The van der Waals surface area contributed by atoms with Crippen LogP contribution in [-0.4, -0.2) is 17.9 Å². The Kier molecular flexibility index (Phi) is 3.58. The summed E-state index contributed by atoms with van der Waals surface area (Å²) in [6.07, 6.45) is 14.6. The highest BCUT2D eigenvalue weighted by Gasteiger charge is 2.67. The molecule has 2 nitrogen and oxygen atoms in total. The molecule has 1 N–H and O–H groups in total. The standard InChI is InChI=1S/C23H39NO/c1-20(2)24-15-23(25-20)14-11-19-17-9-8-16-7-5-6-12-21(16,3)18(17)10-13-22(19,23)4/h16-19,24H,5-15H2,1-4H3/t16-,17-,18-,19+,21-,22+,23+/m0/s1. The monoisotopic (exact) mass is 345 g/mol. The van der Waals surface area contributed by atoms with Gasteiger partial charge in [-0.15, -0.1) is 0 Å². The second kappa shape index (κ2) is 5.25. The van der Waals surface area contributed by atoms with Gasteiger partial charge in [0.1, 0.15) is 5.72 Å². The van der Waals surface area contributed by atoms with Gasteiger partial charge in [-0.25, -0.2) is 0 Å². The van der Waals surface area contributed by atoms with E-state index in [1.165, 1.54) is 64.2 Å². The molecule has 4 saturated carbocycles. The summed E-state index contributed by atoms with van der Waals surface area (Å²) in [6, 6.07) is 0. The van der Waals surface area contributed by atoms with E-state index in [2.05, 4.69) is 33.0 Å². The zero-order valence-corrected chi connectivity index (χ0v) is 17.0.